The molecule has 0 fully saturated rings. The van der Waals surface area contributed by atoms with Crippen LogP contribution >= 0.6 is 11.6 Å². The summed E-state index contributed by atoms with van der Waals surface area (Å²) in [4.78, 5) is 0. The molecular formula is C13H16ClN3O. The van der Waals surface area contributed by atoms with Gasteiger partial charge in [-0.2, -0.15) is 0 Å². The van der Waals surface area contributed by atoms with Gasteiger partial charge in [0, 0.05) is 23.9 Å². The summed E-state index contributed by atoms with van der Waals surface area (Å²) in [5, 5.41) is 22.3. The Balaban J connectivity index is 2.07. The van der Waals surface area contributed by atoms with Gasteiger partial charge in [0.05, 0.1) is 0 Å². The lowest BCUT2D eigenvalue weighted by Gasteiger charge is -2.08. The van der Waals surface area contributed by atoms with Crippen molar-refractivity contribution in [1.82, 2.24) is 10.2 Å². The molecule has 1 aromatic heterocycles. The molecule has 5 heteroatoms. The first-order valence-corrected chi connectivity index (χ1v) is 6.46. The summed E-state index contributed by atoms with van der Waals surface area (Å²) >= 11 is 6.00. The van der Waals surface area contributed by atoms with Crippen LogP contribution in [0.15, 0.2) is 24.3 Å². The van der Waals surface area contributed by atoms with E-state index < -0.39 is 0 Å². The molecule has 2 rings (SSSR count). The SMILES string of the molecule is OCCCCCNc1nnc(Cl)c2ccccc12. The van der Waals surface area contributed by atoms with Gasteiger partial charge in [0.1, 0.15) is 0 Å². The smallest absolute Gasteiger partial charge is 0.159 e. The minimum absolute atomic E-state index is 0.254. The van der Waals surface area contributed by atoms with Crippen LogP contribution < -0.4 is 5.32 Å². The average Bonchev–Trinajstić information content (AvgIpc) is 2.41. The summed E-state index contributed by atoms with van der Waals surface area (Å²) in [6.07, 6.45) is 2.84. The quantitative estimate of drug-likeness (QED) is 0.789. The second-order valence-electron chi connectivity index (χ2n) is 4.10. The zero-order valence-electron chi connectivity index (χ0n) is 10.1. The predicted octanol–water partition coefficient (Wildman–Crippen LogP) is 2.86. The highest BCUT2D eigenvalue weighted by Crippen LogP contribution is 2.25. The van der Waals surface area contributed by atoms with Crippen molar-refractivity contribution in [2.24, 2.45) is 0 Å². The van der Waals surface area contributed by atoms with E-state index >= 15 is 0 Å². The normalized spacial score (nSPS) is 10.8. The van der Waals surface area contributed by atoms with Crippen LogP contribution in [0.1, 0.15) is 19.3 Å². The molecule has 0 saturated carbocycles. The lowest BCUT2D eigenvalue weighted by atomic mass is 10.2. The lowest BCUT2D eigenvalue weighted by Crippen LogP contribution is -2.05. The minimum Gasteiger partial charge on any atom is -0.396 e. The molecule has 0 aliphatic rings. The number of aromatic nitrogens is 2. The van der Waals surface area contributed by atoms with E-state index in [4.69, 9.17) is 16.7 Å². The maximum Gasteiger partial charge on any atom is 0.159 e. The summed E-state index contributed by atoms with van der Waals surface area (Å²) in [6.45, 7) is 1.07. The van der Waals surface area contributed by atoms with Crippen LogP contribution in [-0.4, -0.2) is 28.5 Å². The fourth-order valence-corrected chi connectivity index (χ4v) is 2.02. The number of halogens is 1. The van der Waals surface area contributed by atoms with Gasteiger partial charge in [0.2, 0.25) is 0 Å². The topological polar surface area (TPSA) is 58.0 Å². The molecule has 4 nitrogen and oxygen atoms in total. The fourth-order valence-electron chi connectivity index (χ4n) is 1.82. The lowest BCUT2D eigenvalue weighted by molar-refractivity contribution is 0.283. The van der Waals surface area contributed by atoms with Crippen LogP contribution in [0.25, 0.3) is 10.8 Å². The molecule has 0 aliphatic heterocycles. The molecule has 1 aromatic carbocycles. The first-order valence-electron chi connectivity index (χ1n) is 6.08. The van der Waals surface area contributed by atoms with Gasteiger partial charge >= 0.3 is 0 Å². The summed E-state index contributed by atoms with van der Waals surface area (Å²) in [5.41, 5.74) is 0. The molecule has 0 aliphatic carbocycles. The van der Waals surface area contributed by atoms with E-state index in [1.54, 1.807) is 0 Å². The van der Waals surface area contributed by atoms with Crippen molar-refractivity contribution in [1.29, 1.82) is 0 Å². The summed E-state index contributed by atoms with van der Waals surface area (Å²) in [7, 11) is 0. The van der Waals surface area contributed by atoms with E-state index in [9.17, 15) is 0 Å². The minimum atomic E-state index is 0.254. The van der Waals surface area contributed by atoms with Crippen LogP contribution in [0.4, 0.5) is 5.82 Å². The Bertz CT molecular complexity index is 519. The number of fused-ring (bicyclic) bond motifs is 1. The third-order valence-electron chi connectivity index (χ3n) is 2.77. The van der Waals surface area contributed by atoms with Gasteiger partial charge in [-0.3, -0.25) is 0 Å². The molecular weight excluding hydrogens is 250 g/mol. The second kappa shape index (κ2) is 6.52. The van der Waals surface area contributed by atoms with E-state index in [2.05, 4.69) is 15.5 Å². The average molecular weight is 266 g/mol. The van der Waals surface area contributed by atoms with Crippen molar-refractivity contribution in [3.8, 4) is 0 Å². The monoisotopic (exact) mass is 265 g/mol. The summed E-state index contributed by atoms with van der Waals surface area (Å²) in [5.74, 6) is 0.763. The zero-order valence-corrected chi connectivity index (χ0v) is 10.8. The van der Waals surface area contributed by atoms with Crippen molar-refractivity contribution in [2.45, 2.75) is 19.3 Å². The van der Waals surface area contributed by atoms with Crippen molar-refractivity contribution >= 4 is 28.2 Å². The highest BCUT2D eigenvalue weighted by Gasteiger charge is 2.06. The van der Waals surface area contributed by atoms with Gasteiger partial charge in [-0.1, -0.05) is 35.9 Å². The third kappa shape index (κ3) is 3.09. The number of nitrogens with one attached hydrogen (secondary N) is 1. The van der Waals surface area contributed by atoms with Crippen molar-refractivity contribution in [3.05, 3.63) is 29.4 Å². The molecule has 0 bridgehead atoms. The maximum absolute atomic E-state index is 8.70. The van der Waals surface area contributed by atoms with Crippen LogP contribution in [0.3, 0.4) is 0 Å². The molecule has 0 saturated heterocycles. The Hall–Kier alpha value is -1.39. The molecule has 1 heterocycles. The second-order valence-corrected chi connectivity index (χ2v) is 4.45. The maximum atomic E-state index is 8.70. The number of hydrogen-bond acceptors (Lipinski definition) is 4. The van der Waals surface area contributed by atoms with Crippen LogP contribution in [0.5, 0.6) is 0 Å². The van der Waals surface area contributed by atoms with E-state index in [1.165, 1.54) is 0 Å². The molecule has 0 amide bonds. The molecule has 96 valence electrons. The Labute approximate surface area is 111 Å². The van der Waals surface area contributed by atoms with Crippen molar-refractivity contribution in [2.75, 3.05) is 18.5 Å². The van der Waals surface area contributed by atoms with Gasteiger partial charge in [-0.25, -0.2) is 0 Å². The molecule has 0 radical (unpaired) electrons. The number of unbranched alkanes of at least 4 members (excludes halogenated alkanes) is 2. The van der Waals surface area contributed by atoms with Crippen molar-refractivity contribution < 1.29 is 5.11 Å². The third-order valence-corrected chi connectivity index (χ3v) is 3.05. The number of anilines is 1. The Morgan fingerprint density at radius 2 is 1.83 bits per heavy atom. The number of benzene rings is 1. The van der Waals surface area contributed by atoms with Crippen LogP contribution in [0, 0.1) is 0 Å². The van der Waals surface area contributed by atoms with Gasteiger partial charge in [-0.05, 0) is 19.3 Å². The van der Waals surface area contributed by atoms with E-state index in [-0.39, 0.29) is 6.61 Å². The van der Waals surface area contributed by atoms with Crippen LogP contribution in [-0.2, 0) is 0 Å². The highest BCUT2D eigenvalue weighted by molar-refractivity contribution is 6.34. The molecule has 18 heavy (non-hydrogen) atoms. The Morgan fingerprint density at radius 1 is 1.06 bits per heavy atom. The summed E-state index contributed by atoms with van der Waals surface area (Å²) < 4.78 is 0. The first-order chi connectivity index (χ1) is 8.83. The summed E-state index contributed by atoms with van der Waals surface area (Å²) in [6, 6.07) is 7.80. The molecule has 2 aromatic rings. The van der Waals surface area contributed by atoms with E-state index in [1.807, 2.05) is 24.3 Å². The first kappa shape index (κ1) is 13.1. The van der Waals surface area contributed by atoms with Gasteiger partial charge in [0.25, 0.3) is 0 Å². The number of hydrogen-bond donors (Lipinski definition) is 2. The van der Waals surface area contributed by atoms with Crippen LogP contribution in [0.2, 0.25) is 5.15 Å². The largest absolute Gasteiger partial charge is 0.396 e. The Kier molecular flexibility index (Phi) is 4.73. The van der Waals surface area contributed by atoms with Gasteiger partial charge in [0.15, 0.2) is 11.0 Å². The van der Waals surface area contributed by atoms with Crippen molar-refractivity contribution in [3.63, 3.8) is 0 Å². The number of nitrogens with zero attached hydrogens (tertiary/aromatic N) is 2. The fraction of sp³-hybridized carbons (Fsp3) is 0.385. The standard InChI is InChI=1S/C13H16ClN3O/c14-12-10-6-2-3-7-11(10)13(17-16-12)15-8-4-1-5-9-18/h2-3,6-7,18H,1,4-5,8-9H2,(H,15,17). The number of aliphatic hydroxyl groups excluding tert-OH is 1. The zero-order chi connectivity index (χ0) is 12.8. The van der Waals surface area contributed by atoms with E-state index in [0.29, 0.717) is 5.15 Å². The van der Waals surface area contributed by atoms with E-state index in [0.717, 1.165) is 42.4 Å². The molecule has 0 atom stereocenters. The molecule has 0 unspecified atom stereocenters. The van der Waals surface area contributed by atoms with Gasteiger partial charge < -0.3 is 10.4 Å². The number of rotatable bonds is 6. The van der Waals surface area contributed by atoms with Gasteiger partial charge in [-0.15, -0.1) is 10.2 Å². The highest BCUT2D eigenvalue weighted by atomic mass is 35.5. The molecule has 0 spiro atoms. The molecule has 2 N–H and O–H groups in total. The number of aliphatic hydroxyl groups is 1. The predicted molar refractivity (Wildman–Crippen MR) is 74.0 cm³/mol. The Morgan fingerprint density at radius 3 is 2.61 bits per heavy atom.